The van der Waals surface area contributed by atoms with E-state index in [4.69, 9.17) is 0 Å². The van der Waals surface area contributed by atoms with Crippen molar-refractivity contribution < 1.29 is 4.79 Å². The summed E-state index contributed by atoms with van der Waals surface area (Å²) >= 11 is 3.66. The third-order valence-electron chi connectivity index (χ3n) is 2.06. The lowest BCUT2D eigenvalue weighted by Crippen LogP contribution is -2.13. The highest BCUT2D eigenvalue weighted by Gasteiger charge is 2.08. The predicted molar refractivity (Wildman–Crippen MR) is 62.9 cm³/mol. The monoisotopic (exact) mass is 250 g/mol. The van der Waals surface area contributed by atoms with Crippen molar-refractivity contribution in [2.24, 2.45) is 0 Å². The number of nitrogens with one attached hydrogen (secondary N) is 2. The van der Waals surface area contributed by atoms with Crippen LogP contribution in [-0.2, 0) is 11.2 Å². The number of nitrogens with zero attached hydrogens (tertiary/aromatic N) is 4. The van der Waals surface area contributed by atoms with Gasteiger partial charge in [-0.2, -0.15) is 5.10 Å². The van der Waals surface area contributed by atoms with Crippen molar-refractivity contribution in [1.29, 1.82) is 0 Å². The van der Waals surface area contributed by atoms with Crippen LogP contribution in [-0.4, -0.2) is 31.1 Å². The molecule has 0 saturated carbocycles. The van der Waals surface area contributed by atoms with Crippen LogP contribution in [0.15, 0.2) is 18.6 Å². The summed E-state index contributed by atoms with van der Waals surface area (Å²) in [4.78, 5) is 23.1. The first kappa shape index (κ1) is 11.5. The Morgan fingerprint density at radius 3 is 3.12 bits per heavy atom. The maximum atomic E-state index is 11.0. The molecule has 0 fully saturated rings. The summed E-state index contributed by atoms with van der Waals surface area (Å²) in [7, 11) is 0. The molecular weight excluding hydrogens is 240 g/mol. The molecule has 2 heterocycles. The Bertz CT molecular complexity index is 499. The molecule has 88 valence electrons. The molecule has 1 amide bonds. The van der Waals surface area contributed by atoms with Gasteiger partial charge >= 0.3 is 0 Å². The first-order chi connectivity index (χ1) is 8.29. The van der Waals surface area contributed by atoms with E-state index in [1.165, 1.54) is 6.33 Å². The quantitative estimate of drug-likeness (QED) is 0.671. The molecule has 0 bridgehead atoms. The normalized spacial score (nSPS) is 10.2. The van der Waals surface area contributed by atoms with E-state index in [0.717, 1.165) is 0 Å². The number of aromatic nitrogens is 5. The molecular formula is C9H10N6OS. The Hall–Kier alpha value is -1.96. The van der Waals surface area contributed by atoms with E-state index < -0.39 is 0 Å². The minimum atomic E-state index is -0.159. The molecule has 0 aliphatic rings. The minimum Gasteiger partial charge on any atom is -0.303 e. The summed E-state index contributed by atoms with van der Waals surface area (Å²) in [5.74, 6) is 0.970. The fourth-order valence-electron chi connectivity index (χ4n) is 1.23. The fraction of sp³-hybridized carbons (Fsp3) is 0.222. The highest BCUT2D eigenvalue weighted by molar-refractivity contribution is 7.78. The van der Waals surface area contributed by atoms with Crippen LogP contribution in [0.4, 0.5) is 0 Å². The molecule has 0 unspecified atom stereocenters. The minimum absolute atomic E-state index is 0.159. The van der Waals surface area contributed by atoms with Gasteiger partial charge in [-0.05, 0) is 6.07 Å². The van der Waals surface area contributed by atoms with Gasteiger partial charge in [-0.3, -0.25) is 9.89 Å². The Morgan fingerprint density at radius 2 is 2.41 bits per heavy atom. The van der Waals surface area contributed by atoms with Gasteiger partial charge in [-0.15, -0.1) is 0 Å². The van der Waals surface area contributed by atoms with Gasteiger partial charge in [0.15, 0.2) is 5.82 Å². The molecule has 0 spiro atoms. The van der Waals surface area contributed by atoms with Crippen LogP contribution in [0.5, 0.6) is 0 Å². The summed E-state index contributed by atoms with van der Waals surface area (Å²) in [6, 6.07) is 1.72. The zero-order chi connectivity index (χ0) is 12.1. The van der Waals surface area contributed by atoms with Crippen molar-refractivity contribution in [2.45, 2.75) is 12.8 Å². The lowest BCUT2D eigenvalue weighted by molar-refractivity contribution is -0.119. The highest BCUT2D eigenvalue weighted by Crippen LogP contribution is 2.09. The summed E-state index contributed by atoms with van der Waals surface area (Å²) in [6.45, 7) is 0. The Labute approximate surface area is 103 Å². The Kier molecular flexibility index (Phi) is 3.66. The van der Waals surface area contributed by atoms with E-state index >= 15 is 0 Å². The van der Waals surface area contributed by atoms with Crippen LogP contribution in [0.3, 0.4) is 0 Å². The third-order valence-corrected chi connectivity index (χ3v) is 2.31. The molecule has 0 aliphatic heterocycles. The molecule has 2 N–H and O–H groups in total. The standard InChI is InChI=1S/C9H10N6OS/c16-8(15-17)2-1-7-12-9(14-13-7)6-3-4-10-5-11-6/h3-5,17H,1-2H2,(H,15,16)(H,12,13,14). The molecule has 0 atom stereocenters. The SMILES string of the molecule is O=C(CCc1nc(-c2ccncn2)n[nH]1)NS. The fourth-order valence-corrected chi connectivity index (χ4v) is 1.34. The van der Waals surface area contributed by atoms with E-state index in [-0.39, 0.29) is 5.91 Å². The molecule has 7 nitrogen and oxygen atoms in total. The summed E-state index contributed by atoms with van der Waals surface area (Å²) in [5.41, 5.74) is 0.640. The third kappa shape index (κ3) is 3.00. The van der Waals surface area contributed by atoms with Gasteiger partial charge in [0, 0.05) is 19.0 Å². The zero-order valence-corrected chi connectivity index (χ0v) is 9.69. The number of aromatic amines is 1. The van der Waals surface area contributed by atoms with E-state index in [9.17, 15) is 4.79 Å². The number of rotatable bonds is 4. The number of carbonyl (C=O) groups excluding carboxylic acids is 1. The van der Waals surface area contributed by atoms with Crippen molar-refractivity contribution in [2.75, 3.05) is 0 Å². The Balaban J connectivity index is 2.04. The maximum absolute atomic E-state index is 11.0. The molecule has 8 heteroatoms. The van der Waals surface area contributed by atoms with E-state index in [2.05, 4.69) is 42.7 Å². The topological polar surface area (TPSA) is 96.4 Å². The second kappa shape index (κ2) is 5.39. The van der Waals surface area contributed by atoms with Gasteiger partial charge in [-0.25, -0.2) is 15.0 Å². The first-order valence-electron chi connectivity index (χ1n) is 4.90. The number of amides is 1. The highest BCUT2D eigenvalue weighted by atomic mass is 32.1. The van der Waals surface area contributed by atoms with Crippen LogP contribution in [0, 0.1) is 0 Å². The molecule has 2 aromatic heterocycles. The maximum Gasteiger partial charge on any atom is 0.230 e. The predicted octanol–water partition coefficient (Wildman–Crippen LogP) is 0.155. The van der Waals surface area contributed by atoms with E-state index in [1.807, 2.05) is 0 Å². The average Bonchev–Trinajstić information content (AvgIpc) is 2.86. The van der Waals surface area contributed by atoms with Gasteiger partial charge in [0.2, 0.25) is 5.91 Å². The summed E-state index contributed by atoms with van der Waals surface area (Å²) in [6.07, 6.45) is 3.83. The molecule has 0 aromatic carbocycles. The van der Waals surface area contributed by atoms with Crippen molar-refractivity contribution in [3.63, 3.8) is 0 Å². The van der Waals surface area contributed by atoms with Crippen molar-refractivity contribution in [1.82, 2.24) is 29.9 Å². The van der Waals surface area contributed by atoms with Gasteiger partial charge in [-0.1, -0.05) is 12.8 Å². The first-order valence-corrected chi connectivity index (χ1v) is 5.35. The second-order valence-electron chi connectivity index (χ2n) is 3.24. The zero-order valence-electron chi connectivity index (χ0n) is 8.79. The number of H-pyrrole nitrogens is 1. The van der Waals surface area contributed by atoms with Crippen LogP contribution >= 0.6 is 12.8 Å². The smallest absolute Gasteiger partial charge is 0.230 e. The van der Waals surface area contributed by atoms with Crippen LogP contribution in [0.1, 0.15) is 12.2 Å². The van der Waals surface area contributed by atoms with E-state index in [0.29, 0.717) is 30.2 Å². The number of hydrogen-bond donors (Lipinski definition) is 3. The van der Waals surface area contributed by atoms with E-state index in [1.54, 1.807) is 12.3 Å². The average molecular weight is 250 g/mol. The lowest BCUT2D eigenvalue weighted by atomic mass is 10.3. The van der Waals surface area contributed by atoms with Gasteiger partial charge in [0.25, 0.3) is 0 Å². The van der Waals surface area contributed by atoms with Crippen LogP contribution in [0.2, 0.25) is 0 Å². The molecule has 0 aliphatic carbocycles. The van der Waals surface area contributed by atoms with Crippen molar-refractivity contribution in [3.05, 3.63) is 24.4 Å². The van der Waals surface area contributed by atoms with Crippen molar-refractivity contribution >= 4 is 18.7 Å². The molecule has 0 saturated heterocycles. The van der Waals surface area contributed by atoms with Gasteiger partial charge < -0.3 is 4.72 Å². The van der Waals surface area contributed by atoms with Crippen LogP contribution in [0.25, 0.3) is 11.5 Å². The summed E-state index contributed by atoms with van der Waals surface area (Å²) in [5, 5.41) is 6.77. The largest absolute Gasteiger partial charge is 0.303 e. The molecule has 2 aromatic rings. The number of aryl methyl sites for hydroxylation is 1. The van der Waals surface area contributed by atoms with Crippen molar-refractivity contribution in [3.8, 4) is 11.5 Å². The number of carbonyl (C=O) groups is 1. The number of hydrogen-bond acceptors (Lipinski definition) is 6. The Morgan fingerprint density at radius 1 is 1.53 bits per heavy atom. The molecule has 2 rings (SSSR count). The van der Waals surface area contributed by atoms with Gasteiger partial charge in [0.05, 0.1) is 0 Å². The lowest BCUT2D eigenvalue weighted by Gasteiger charge is -1.94. The molecule has 0 radical (unpaired) electrons. The summed E-state index contributed by atoms with van der Waals surface area (Å²) < 4.78 is 2.25. The van der Waals surface area contributed by atoms with Crippen LogP contribution < -0.4 is 4.72 Å². The van der Waals surface area contributed by atoms with Gasteiger partial charge in [0.1, 0.15) is 17.8 Å². The molecule has 17 heavy (non-hydrogen) atoms. The number of thiol groups is 1. The second-order valence-corrected chi connectivity index (χ2v) is 3.46.